The summed E-state index contributed by atoms with van der Waals surface area (Å²) in [5.74, 6) is -0.317. The second-order valence-corrected chi connectivity index (χ2v) is 2.08. The minimum absolute atomic E-state index is 0.279. The lowest BCUT2D eigenvalue weighted by molar-refractivity contribution is 0.617. The van der Waals surface area contributed by atoms with Gasteiger partial charge in [-0.15, -0.1) is 0 Å². The molecule has 0 unspecified atom stereocenters. The number of allylic oxidation sites excluding steroid dienone is 1. The molecule has 0 nitrogen and oxygen atoms in total. The summed E-state index contributed by atoms with van der Waals surface area (Å²) >= 11 is 0. The second-order valence-electron chi connectivity index (χ2n) is 2.08. The average molecular weight is 135 g/mol. The van der Waals surface area contributed by atoms with E-state index in [0.717, 1.165) is 5.56 Å². The van der Waals surface area contributed by atoms with E-state index in [-0.39, 0.29) is 12.2 Å². The van der Waals surface area contributed by atoms with Gasteiger partial charge in [-0.05, 0) is 11.6 Å². The van der Waals surface area contributed by atoms with Gasteiger partial charge in [-0.25, -0.2) is 4.39 Å². The van der Waals surface area contributed by atoms with Crippen LogP contribution in [0, 0.1) is 6.07 Å². The predicted molar refractivity (Wildman–Crippen MR) is 39.2 cm³/mol. The Morgan fingerprint density at radius 1 is 1.60 bits per heavy atom. The van der Waals surface area contributed by atoms with Crippen molar-refractivity contribution in [2.24, 2.45) is 0 Å². The van der Waals surface area contributed by atoms with E-state index < -0.39 is 0 Å². The van der Waals surface area contributed by atoms with Gasteiger partial charge in [-0.2, -0.15) is 0 Å². The molecule has 1 heteroatoms. The van der Waals surface area contributed by atoms with E-state index >= 15 is 0 Å². The Bertz CT molecular complexity index is 213. The third-order valence-corrected chi connectivity index (χ3v) is 1.16. The van der Waals surface area contributed by atoms with Crippen molar-refractivity contribution in [3.05, 3.63) is 48.3 Å². The summed E-state index contributed by atoms with van der Waals surface area (Å²) in [5.41, 5.74) is 0.843. The summed E-state index contributed by atoms with van der Waals surface area (Å²) in [5, 5.41) is 0. The molecule has 0 aliphatic heterocycles. The average Bonchev–Trinajstić information content (AvgIpc) is 1.88. The third-order valence-electron chi connectivity index (χ3n) is 1.16. The van der Waals surface area contributed by atoms with Crippen LogP contribution in [0.25, 0.3) is 0 Å². The highest BCUT2D eigenvalue weighted by Gasteiger charge is 1.92. The fourth-order valence-electron chi connectivity index (χ4n) is 0.747. The minimum Gasteiger partial charge on any atom is -0.212 e. The van der Waals surface area contributed by atoms with Crippen LogP contribution in [0.2, 0.25) is 0 Å². The van der Waals surface area contributed by atoms with Crippen molar-refractivity contribution < 1.29 is 4.39 Å². The summed E-state index contributed by atoms with van der Waals surface area (Å²) in [6.07, 6.45) is 0.279. The van der Waals surface area contributed by atoms with Gasteiger partial charge in [0.2, 0.25) is 0 Å². The first-order valence-corrected chi connectivity index (χ1v) is 3.08. The Kier molecular flexibility index (Phi) is 2.21. The lowest BCUT2D eigenvalue weighted by Crippen LogP contribution is -1.82. The van der Waals surface area contributed by atoms with E-state index in [2.05, 4.69) is 12.6 Å². The summed E-state index contributed by atoms with van der Waals surface area (Å²) in [7, 11) is 0. The van der Waals surface area contributed by atoms with Crippen molar-refractivity contribution in [1.82, 2.24) is 0 Å². The normalized spacial score (nSPS) is 9.30. The Labute approximate surface area is 60.0 Å². The van der Waals surface area contributed by atoms with Crippen molar-refractivity contribution in [2.45, 2.75) is 6.42 Å². The molecule has 0 saturated heterocycles. The highest BCUT2D eigenvalue weighted by Crippen LogP contribution is 2.04. The predicted octanol–water partition coefficient (Wildman–Crippen LogP) is 2.51. The van der Waals surface area contributed by atoms with Gasteiger partial charge in [0.15, 0.2) is 0 Å². The monoisotopic (exact) mass is 135 g/mol. The van der Waals surface area contributed by atoms with E-state index in [1.165, 1.54) is 0 Å². The molecule has 0 saturated carbocycles. The van der Waals surface area contributed by atoms with E-state index in [1.807, 2.05) is 18.2 Å². The third kappa shape index (κ3) is 2.02. The lowest BCUT2D eigenvalue weighted by Gasteiger charge is -1.93. The molecule has 10 heavy (non-hydrogen) atoms. The SMILES string of the molecule is C=C(F)Cc1[c]cccc1. The van der Waals surface area contributed by atoms with Gasteiger partial charge in [0.25, 0.3) is 0 Å². The molecule has 1 aromatic rings. The van der Waals surface area contributed by atoms with Gasteiger partial charge in [-0.1, -0.05) is 30.8 Å². The zero-order chi connectivity index (χ0) is 7.40. The molecule has 0 aromatic heterocycles. The molecule has 0 fully saturated rings. The Hall–Kier alpha value is -1.11. The summed E-state index contributed by atoms with van der Waals surface area (Å²) in [4.78, 5) is 0. The van der Waals surface area contributed by atoms with Crippen LogP contribution in [0.15, 0.2) is 36.7 Å². The molecular formula is C9H8F. The van der Waals surface area contributed by atoms with Gasteiger partial charge in [0, 0.05) is 6.42 Å². The van der Waals surface area contributed by atoms with Crippen LogP contribution >= 0.6 is 0 Å². The highest BCUT2D eigenvalue weighted by atomic mass is 19.1. The number of halogens is 1. The van der Waals surface area contributed by atoms with Crippen LogP contribution in [-0.4, -0.2) is 0 Å². The number of hydrogen-bond donors (Lipinski definition) is 0. The summed E-state index contributed by atoms with van der Waals surface area (Å²) < 4.78 is 12.2. The molecule has 1 radical (unpaired) electrons. The molecule has 1 rings (SSSR count). The van der Waals surface area contributed by atoms with E-state index in [9.17, 15) is 4.39 Å². The molecule has 1 aromatic carbocycles. The second kappa shape index (κ2) is 3.16. The molecule has 0 atom stereocenters. The smallest absolute Gasteiger partial charge is 0.0972 e. The first-order valence-electron chi connectivity index (χ1n) is 3.08. The van der Waals surface area contributed by atoms with E-state index in [4.69, 9.17) is 0 Å². The van der Waals surface area contributed by atoms with Crippen molar-refractivity contribution in [3.8, 4) is 0 Å². The molecule has 0 heterocycles. The first kappa shape index (κ1) is 7.00. The fraction of sp³-hybridized carbons (Fsp3) is 0.111. The fourth-order valence-corrected chi connectivity index (χ4v) is 0.747. The van der Waals surface area contributed by atoms with Crippen LogP contribution in [0.1, 0.15) is 5.56 Å². The number of rotatable bonds is 2. The van der Waals surface area contributed by atoms with Crippen LogP contribution < -0.4 is 0 Å². The molecule has 51 valence electrons. The van der Waals surface area contributed by atoms with Gasteiger partial charge >= 0.3 is 0 Å². The molecular weight excluding hydrogens is 127 g/mol. The Balaban J connectivity index is 2.67. The number of benzene rings is 1. The van der Waals surface area contributed by atoms with Crippen LogP contribution in [0.3, 0.4) is 0 Å². The Morgan fingerprint density at radius 3 is 2.90 bits per heavy atom. The lowest BCUT2D eigenvalue weighted by atomic mass is 10.1. The maximum atomic E-state index is 12.2. The van der Waals surface area contributed by atoms with Crippen molar-refractivity contribution >= 4 is 0 Å². The van der Waals surface area contributed by atoms with Crippen LogP contribution in [0.5, 0.6) is 0 Å². The first-order chi connectivity index (χ1) is 4.79. The highest BCUT2D eigenvalue weighted by molar-refractivity contribution is 5.16. The van der Waals surface area contributed by atoms with Crippen LogP contribution in [-0.2, 0) is 6.42 Å². The molecule has 0 aliphatic rings. The quantitative estimate of drug-likeness (QED) is 0.584. The molecule has 0 amide bonds. The van der Waals surface area contributed by atoms with Gasteiger partial charge in [0.05, 0.1) is 5.83 Å². The van der Waals surface area contributed by atoms with Crippen molar-refractivity contribution in [2.75, 3.05) is 0 Å². The topological polar surface area (TPSA) is 0 Å². The maximum absolute atomic E-state index is 12.2. The van der Waals surface area contributed by atoms with Crippen LogP contribution in [0.4, 0.5) is 4.39 Å². The molecule has 0 bridgehead atoms. The van der Waals surface area contributed by atoms with Crippen molar-refractivity contribution in [1.29, 1.82) is 0 Å². The van der Waals surface area contributed by atoms with Crippen molar-refractivity contribution in [3.63, 3.8) is 0 Å². The minimum atomic E-state index is -0.317. The zero-order valence-electron chi connectivity index (χ0n) is 5.60. The van der Waals surface area contributed by atoms with Gasteiger partial charge in [-0.3, -0.25) is 0 Å². The van der Waals surface area contributed by atoms with E-state index in [0.29, 0.717) is 0 Å². The maximum Gasteiger partial charge on any atom is 0.0972 e. The van der Waals surface area contributed by atoms with Gasteiger partial charge in [0.1, 0.15) is 0 Å². The Morgan fingerprint density at radius 2 is 2.40 bits per heavy atom. The number of hydrogen-bond acceptors (Lipinski definition) is 0. The molecule has 0 aliphatic carbocycles. The summed E-state index contributed by atoms with van der Waals surface area (Å²) in [6.45, 7) is 3.16. The zero-order valence-corrected chi connectivity index (χ0v) is 5.60. The standard InChI is InChI=1S/C9H8F/c1-8(10)7-9-5-3-2-4-6-9/h2-5H,1,7H2. The molecule has 0 spiro atoms. The van der Waals surface area contributed by atoms with E-state index in [1.54, 1.807) is 6.07 Å². The van der Waals surface area contributed by atoms with Gasteiger partial charge < -0.3 is 0 Å². The largest absolute Gasteiger partial charge is 0.212 e. The molecule has 0 N–H and O–H groups in total. The summed E-state index contributed by atoms with van der Waals surface area (Å²) in [6, 6.07) is 10.2.